The molecule has 2 aliphatic rings. The lowest BCUT2D eigenvalue weighted by Crippen LogP contribution is -2.59. The van der Waals surface area contributed by atoms with E-state index in [1.54, 1.807) is 72.8 Å². The van der Waals surface area contributed by atoms with Crippen molar-refractivity contribution in [2.24, 2.45) is 0 Å². The second kappa shape index (κ2) is 11.4. The SMILES string of the molecule is Cc1ccc(S(=O)(=O)N2C/C=C\COC[C@H]2[C@@H]2COC/C=C\CN2S(=O)(=O)c2ccc(C)cc2)cc1. The van der Waals surface area contributed by atoms with Crippen LogP contribution in [0.2, 0.25) is 0 Å². The van der Waals surface area contributed by atoms with E-state index in [1.165, 1.54) is 8.61 Å². The van der Waals surface area contributed by atoms with Crippen LogP contribution in [0, 0.1) is 13.8 Å². The highest BCUT2D eigenvalue weighted by Crippen LogP contribution is 2.28. The van der Waals surface area contributed by atoms with Crippen molar-refractivity contribution in [3.63, 3.8) is 0 Å². The van der Waals surface area contributed by atoms with Crippen molar-refractivity contribution in [3.05, 3.63) is 84.0 Å². The highest BCUT2D eigenvalue weighted by Gasteiger charge is 2.43. The maximum atomic E-state index is 13.8. The topological polar surface area (TPSA) is 93.2 Å². The molecule has 8 nitrogen and oxygen atoms in total. The molecule has 2 aromatic carbocycles. The van der Waals surface area contributed by atoms with Crippen LogP contribution in [0.3, 0.4) is 0 Å². The van der Waals surface area contributed by atoms with Crippen LogP contribution in [0.15, 0.2) is 82.6 Å². The van der Waals surface area contributed by atoms with E-state index in [-0.39, 0.29) is 36.1 Å². The zero-order valence-corrected chi connectivity index (χ0v) is 22.1. The minimum Gasteiger partial charge on any atom is -0.376 e. The smallest absolute Gasteiger partial charge is 0.243 e. The van der Waals surface area contributed by atoms with Gasteiger partial charge >= 0.3 is 0 Å². The molecule has 4 rings (SSSR count). The summed E-state index contributed by atoms with van der Waals surface area (Å²) in [6.07, 6.45) is 7.01. The Morgan fingerprint density at radius 3 is 1.33 bits per heavy atom. The first kappa shape index (κ1) is 26.7. The van der Waals surface area contributed by atoms with Crippen molar-refractivity contribution < 1.29 is 26.3 Å². The molecule has 0 radical (unpaired) electrons. The predicted octanol–water partition coefficient (Wildman–Crippen LogP) is 2.90. The summed E-state index contributed by atoms with van der Waals surface area (Å²) in [5.74, 6) is 0. The average molecular weight is 533 g/mol. The molecule has 0 spiro atoms. The summed E-state index contributed by atoms with van der Waals surface area (Å²) >= 11 is 0. The van der Waals surface area contributed by atoms with Gasteiger partial charge in [0.15, 0.2) is 0 Å². The molecule has 0 aliphatic carbocycles. The molecular weight excluding hydrogens is 500 g/mol. The molecule has 2 atom stereocenters. The molecule has 2 heterocycles. The predicted molar refractivity (Wildman–Crippen MR) is 138 cm³/mol. The number of hydrogen-bond donors (Lipinski definition) is 0. The van der Waals surface area contributed by atoms with E-state index in [0.717, 1.165) is 11.1 Å². The van der Waals surface area contributed by atoms with Gasteiger partial charge in [-0.2, -0.15) is 8.61 Å². The number of sulfonamides is 2. The fourth-order valence-corrected chi connectivity index (χ4v) is 7.48. The molecule has 2 aliphatic heterocycles. The summed E-state index contributed by atoms with van der Waals surface area (Å²) in [6.45, 7) is 4.63. The van der Waals surface area contributed by atoms with E-state index in [0.29, 0.717) is 13.2 Å². The van der Waals surface area contributed by atoms with E-state index >= 15 is 0 Å². The number of rotatable bonds is 5. The van der Waals surface area contributed by atoms with Gasteiger partial charge in [-0.05, 0) is 38.1 Å². The van der Waals surface area contributed by atoms with Gasteiger partial charge in [0.2, 0.25) is 20.0 Å². The van der Waals surface area contributed by atoms with Crippen molar-refractivity contribution in [1.29, 1.82) is 0 Å². The van der Waals surface area contributed by atoms with Crippen LogP contribution in [0.1, 0.15) is 11.1 Å². The van der Waals surface area contributed by atoms with Gasteiger partial charge in [0.1, 0.15) is 0 Å². The molecule has 194 valence electrons. The molecular formula is C26H32N2O6S2. The van der Waals surface area contributed by atoms with Crippen molar-refractivity contribution in [2.75, 3.05) is 39.5 Å². The molecule has 0 unspecified atom stereocenters. The summed E-state index contributed by atoms with van der Waals surface area (Å²) in [5.41, 5.74) is 1.88. The number of benzene rings is 2. The van der Waals surface area contributed by atoms with Gasteiger partial charge in [-0.15, -0.1) is 0 Å². The molecule has 0 fully saturated rings. The van der Waals surface area contributed by atoms with Gasteiger partial charge in [0.25, 0.3) is 0 Å². The lowest BCUT2D eigenvalue weighted by molar-refractivity contribution is 0.0304. The second-order valence-corrected chi connectivity index (χ2v) is 12.7. The van der Waals surface area contributed by atoms with Crippen LogP contribution in [-0.2, 0) is 29.5 Å². The van der Waals surface area contributed by atoms with Crippen molar-refractivity contribution in [3.8, 4) is 0 Å². The van der Waals surface area contributed by atoms with Crippen LogP contribution < -0.4 is 0 Å². The van der Waals surface area contributed by atoms with Crippen LogP contribution in [0.5, 0.6) is 0 Å². The fraction of sp³-hybridized carbons (Fsp3) is 0.385. The number of nitrogens with zero attached hydrogens (tertiary/aromatic N) is 2. The van der Waals surface area contributed by atoms with Gasteiger partial charge in [0.05, 0.1) is 48.3 Å². The summed E-state index contributed by atoms with van der Waals surface area (Å²) < 4.78 is 69.6. The first-order valence-electron chi connectivity index (χ1n) is 11.8. The van der Waals surface area contributed by atoms with Gasteiger partial charge in [-0.1, -0.05) is 59.7 Å². The largest absolute Gasteiger partial charge is 0.376 e. The lowest BCUT2D eigenvalue weighted by Gasteiger charge is -2.41. The summed E-state index contributed by atoms with van der Waals surface area (Å²) in [4.78, 5) is 0.290. The molecule has 2 aromatic rings. The summed E-state index contributed by atoms with van der Waals surface area (Å²) in [5, 5.41) is 0. The molecule has 36 heavy (non-hydrogen) atoms. The van der Waals surface area contributed by atoms with Gasteiger partial charge in [0, 0.05) is 13.1 Å². The summed E-state index contributed by atoms with van der Waals surface area (Å²) in [7, 11) is -7.94. The standard InChI is InChI=1S/C26H32N2O6S2/c1-21-7-11-23(12-8-21)35(29,30)27-15-3-5-17-33-19-25(27)26-20-34-18-6-4-16-28(26)36(31,32)24-13-9-22(2)10-14-24/h3-14,25-26H,15-20H2,1-2H3/b5-3-,6-4-/t25-,26-/m0/s1. The Hall–Kier alpha value is -2.34. The Balaban J connectivity index is 1.80. The Bertz CT molecular complexity index is 1200. The van der Waals surface area contributed by atoms with Crippen LogP contribution >= 0.6 is 0 Å². The van der Waals surface area contributed by atoms with E-state index in [4.69, 9.17) is 9.47 Å². The molecule has 0 N–H and O–H groups in total. The minimum atomic E-state index is -3.97. The Morgan fingerprint density at radius 2 is 0.972 bits per heavy atom. The highest BCUT2D eigenvalue weighted by molar-refractivity contribution is 7.89. The van der Waals surface area contributed by atoms with Crippen LogP contribution in [0.25, 0.3) is 0 Å². The van der Waals surface area contributed by atoms with Gasteiger partial charge < -0.3 is 9.47 Å². The minimum absolute atomic E-state index is 0.0209. The third kappa shape index (κ3) is 5.80. The zero-order chi connectivity index (χ0) is 25.8. The van der Waals surface area contributed by atoms with Crippen LogP contribution in [-0.4, -0.2) is 77.0 Å². The van der Waals surface area contributed by atoms with E-state index in [1.807, 2.05) is 13.8 Å². The third-order valence-corrected chi connectivity index (χ3v) is 10.2. The molecule has 0 saturated heterocycles. The number of aryl methyl sites for hydroxylation is 2. The first-order chi connectivity index (χ1) is 17.2. The normalized spacial score (nSPS) is 24.7. The number of ether oxygens (including phenoxy) is 2. The Morgan fingerprint density at radius 1 is 0.611 bits per heavy atom. The maximum absolute atomic E-state index is 13.8. The van der Waals surface area contributed by atoms with Gasteiger partial charge in [-0.3, -0.25) is 0 Å². The molecule has 0 bridgehead atoms. The van der Waals surface area contributed by atoms with E-state index in [2.05, 4.69) is 0 Å². The highest BCUT2D eigenvalue weighted by atomic mass is 32.2. The second-order valence-electron chi connectivity index (χ2n) is 8.93. The molecule has 10 heteroatoms. The molecule has 0 saturated carbocycles. The first-order valence-corrected chi connectivity index (χ1v) is 14.7. The summed E-state index contributed by atoms with van der Waals surface area (Å²) in [6, 6.07) is 11.7. The van der Waals surface area contributed by atoms with E-state index in [9.17, 15) is 16.8 Å². The lowest BCUT2D eigenvalue weighted by atomic mass is 10.1. The molecule has 0 aromatic heterocycles. The van der Waals surface area contributed by atoms with Gasteiger partial charge in [-0.25, -0.2) is 16.8 Å². The maximum Gasteiger partial charge on any atom is 0.243 e. The third-order valence-electron chi connectivity index (χ3n) is 6.35. The quantitative estimate of drug-likeness (QED) is 0.550. The van der Waals surface area contributed by atoms with Crippen LogP contribution in [0.4, 0.5) is 0 Å². The Kier molecular flexibility index (Phi) is 8.44. The van der Waals surface area contributed by atoms with Crippen molar-refractivity contribution in [1.82, 2.24) is 8.61 Å². The fourth-order valence-electron chi connectivity index (χ4n) is 4.29. The van der Waals surface area contributed by atoms with Crippen molar-refractivity contribution in [2.45, 2.75) is 35.7 Å². The Labute approximate surface area is 213 Å². The van der Waals surface area contributed by atoms with Crippen molar-refractivity contribution >= 4 is 20.0 Å². The monoisotopic (exact) mass is 532 g/mol. The average Bonchev–Trinajstić information content (AvgIpc) is 2.80. The molecule has 0 amide bonds. The zero-order valence-electron chi connectivity index (χ0n) is 20.5. The van der Waals surface area contributed by atoms with E-state index < -0.39 is 32.1 Å². The number of hydrogen-bond acceptors (Lipinski definition) is 6.